The quantitative estimate of drug-likeness (QED) is 0.478. The summed E-state index contributed by atoms with van der Waals surface area (Å²) in [6, 6.07) is 11.5. The molecular formula is C21H20N6OS. The Balaban J connectivity index is 1.34. The lowest BCUT2D eigenvalue weighted by molar-refractivity contribution is -0.116. The summed E-state index contributed by atoms with van der Waals surface area (Å²) in [6.07, 6.45) is 7.94. The fraction of sp³-hybridized carbons (Fsp3) is 0.143. The molecule has 0 saturated carbocycles. The van der Waals surface area contributed by atoms with Crippen LogP contribution in [0.2, 0.25) is 0 Å². The first-order chi connectivity index (χ1) is 14.2. The molecular weight excluding hydrogens is 384 g/mol. The Morgan fingerprint density at radius 2 is 1.97 bits per heavy atom. The number of aromatic nitrogens is 4. The fourth-order valence-electron chi connectivity index (χ4n) is 2.85. The van der Waals surface area contributed by atoms with Crippen molar-refractivity contribution in [2.24, 2.45) is 0 Å². The summed E-state index contributed by atoms with van der Waals surface area (Å²) >= 11 is 1.70. The molecule has 3 heterocycles. The molecule has 0 atom stereocenters. The lowest BCUT2D eigenvalue weighted by Gasteiger charge is -2.09. The summed E-state index contributed by atoms with van der Waals surface area (Å²) in [5, 5.41) is 8.24. The predicted octanol–water partition coefficient (Wildman–Crippen LogP) is 4.35. The topological polar surface area (TPSA) is 84.7 Å². The second kappa shape index (κ2) is 8.66. The SMILES string of the molecule is Cc1ccsc1CCC(=O)Nc1ccc(Nc2cc(-n3ccnc3)ncn2)cc1. The van der Waals surface area contributed by atoms with E-state index in [2.05, 4.69) is 44.0 Å². The molecule has 4 rings (SSSR count). The van der Waals surface area contributed by atoms with Gasteiger partial charge in [0, 0.05) is 41.1 Å². The molecule has 0 unspecified atom stereocenters. The van der Waals surface area contributed by atoms with E-state index in [0.29, 0.717) is 12.2 Å². The highest BCUT2D eigenvalue weighted by molar-refractivity contribution is 7.10. The molecule has 3 aromatic heterocycles. The maximum atomic E-state index is 12.2. The highest BCUT2D eigenvalue weighted by Gasteiger charge is 2.07. The van der Waals surface area contributed by atoms with Crippen LogP contribution in [0.3, 0.4) is 0 Å². The van der Waals surface area contributed by atoms with Crippen LogP contribution < -0.4 is 10.6 Å². The van der Waals surface area contributed by atoms with Crippen molar-refractivity contribution in [3.63, 3.8) is 0 Å². The molecule has 7 nitrogen and oxygen atoms in total. The summed E-state index contributed by atoms with van der Waals surface area (Å²) in [4.78, 5) is 26.0. The van der Waals surface area contributed by atoms with Crippen molar-refractivity contribution < 1.29 is 4.79 Å². The van der Waals surface area contributed by atoms with Gasteiger partial charge in [-0.2, -0.15) is 0 Å². The Morgan fingerprint density at radius 1 is 1.14 bits per heavy atom. The van der Waals surface area contributed by atoms with E-state index in [9.17, 15) is 4.79 Å². The average Bonchev–Trinajstić information content (AvgIpc) is 3.40. The van der Waals surface area contributed by atoms with Gasteiger partial charge >= 0.3 is 0 Å². The van der Waals surface area contributed by atoms with Crippen LogP contribution in [-0.4, -0.2) is 25.4 Å². The van der Waals surface area contributed by atoms with Gasteiger partial charge in [-0.25, -0.2) is 15.0 Å². The van der Waals surface area contributed by atoms with Gasteiger partial charge in [0.1, 0.15) is 24.3 Å². The summed E-state index contributed by atoms with van der Waals surface area (Å²) in [6.45, 7) is 2.07. The molecule has 1 aromatic carbocycles. The van der Waals surface area contributed by atoms with Crippen molar-refractivity contribution in [2.75, 3.05) is 10.6 Å². The number of nitrogens with zero attached hydrogens (tertiary/aromatic N) is 4. The van der Waals surface area contributed by atoms with Crippen molar-refractivity contribution in [1.29, 1.82) is 0 Å². The lowest BCUT2D eigenvalue weighted by atomic mass is 10.2. The van der Waals surface area contributed by atoms with E-state index in [1.165, 1.54) is 16.8 Å². The number of anilines is 3. The molecule has 8 heteroatoms. The maximum Gasteiger partial charge on any atom is 0.224 e. The van der Waals surface area contributed by atoms with E-state index in [4.69, 9.17) is 0 Å². The number of thiophene rings is 1. The number of nitrogens with one attached hydrogen (secondary N) is 2. The van der Waals surface area contributed by atoms with Gasteiger partial charge in [-0.15, -0.1) is 11.3 Å². The third-order valence-corrected chi connectivity index (χ3v) is 5.49. The zero-order valence-corrected chi connectivity index (χ0v) is 16.7. The highest BCUT2D eigenvalue weighted by atomic mass is 32.1. The molecule has 0 saturated heterocycles. The van der Waals surface area contributed by atoms with Gasteiger partial charge < -0.3 is 10.6 Å². The predicted molar refractivity (Wildman–Crippen MR) is 115 cm³/mol. The van der Waals surface area contributed by atoms with Crippen LogP contribution in [0.1, 0.15) is 16.9 Å². The van der Waals surface area contributed by atoms with Crippen LogP contribution in [-0.2, 0) is 11.2 Å². The number of aryl methyl sites for hydroxylation is 2. The Hall–Kier alpha value is -3.52. The molecule has 2 N–H and O–H groups in total. The minimum atomic E-state index is 0.0132. The lowest BCUT2D eigenvalue weighted by Crippen LogP contribution is -2.12. The third-order valence-electron chi connectivity index (χ3n) is 4.41. The Morgan fingerprint density at radius 3 is 2.69 bits per heavy atom. The number of amides is 1. The molecule has 146 valence electrons. The Kier molecular flexibility index (Phi) is 5.62. The van der Waals surface area contributed by atoms with Crippen LogP contribution in [0, 0.1) is 6.92 Å². The molecule has 0 radical (unpaired) electrons. The maximum absolute atomic E-state index is 12.2. The first-order valence-electron chi connectivity index (χ1n) is 9.18. The van der Waals surface area contributed by atoms with E-state index in [1.54, 1.807) is 23.9 Å². The smallest absolute Gasteiger partial charge is 0.224 e. The molecule has 0 fully saturated rings. The normalized spacial score (nSPS) is 10.7. The van der Waals surface area contributed by atoms with Gasteiger partial charge in [-0.1, -0.05) is 0 Å². The summed E-state index contributed by atoms with van der Waals surface area (Å²) in [5.41, 5.74) is 2.89. The van der Waals surface area contributed by atoms with Crippen LogP contribution >= 0.6 is 11.3 Å². The zero-order valence-electron chi connectivity index (χ0n) is 15.9. The van der Waals surface area contributed by atoms with E-state index in [-0.39, 0.29) is 5.91 Å². The highest BCUT2D eigenvalue weighted by Crippen LogP contribution is 2.20. The molecule has 1 amide bonds. The zero-order chi connectivity index (χ0) is 20.1. The molecule has 0 aliphatic carbocycles. The number of hydrogen-bond donors (Lipinski definition) is 2. The van der Waals surface area contributed by atoms with Crippen molar-refractivity contribution in [3.05, 3.63) is 77.3 Å². The number of hydrogen-bond acceptors (Lipinski definition) is 6. The largest absolute Gasteiger partial charge is 0.340 e. The number of imidazole rings is 1. The number of carbonyl (C=O) groups is 1. The Labute approximate surface area is 172 Å². The Bertz CT molecular complexity index is 1090. The minimum absolute atomic E-state index is 0.0132. The summed E-state index contributed by atoms with van der Waals surface area (Å²) in [7, 11) is 0. The van der Waals surface area contributed by atoms with E-state index in [1.807, 2.05) is 41.1 Å². The fourth-order valence-corrected chi connectivity index (χ4v) is 3.76. The molecule has 29 heavy (non-hydrogen) atoms. The third kappa shape index (κ3) is 4.85. The van der Waals surface area contributed by atoms with Gasteiger partial charge in [0.2, 0.25) is 5.91 Å². The molecule has 0 aliphatic heterocycles. The number of benzene rings is 1. The molecule has 0 bridgehead atoms. The second-order valence-electron chi connectivity index (χ2n) is 6.51. The summed E-state index contributed by atoms with van der Waals surface area (Å²) in [5.74, 6) is 1.41. The van der Waals surface area contributed by atoms with Crippen molar-refractivity contribution in [3.8, 4) is 5.82 Å². The summed E-state index contributed by atoms with van der Waals surface area (Å²) < 4.78 is 1.81. The minimum Gasteiger partial charge on any atom is -0.340 e. The second-order valence-corrected chi connectivity index (χ2v) is 7.51. The van der Waals surface area contributed by atoms with E-state index < -0.39 is 0 Å². The van der Waals surface area contributed by atoms with Crippen molar-refractivity contribution in [2.45, 2.75) is 19.8 Å². The van der Waals surface area contributed by atoms with Crippen LogP contribution in [0.25, 0.3) is 5.82 Å². The van der Waals surface area contributed by atoms with E-state index >= 15 is 0 Å². The first-order valence-corrected chi connectivity index (χ1v) is 10.1. The number of rotatable bonds is 7. The monoisotopic (exact) mass is 404 g/mol. The molecule has 0 aliphatic rings. The van der Waals surface area contributed by atoms with E-state index in [0.717, 1.165) is 23.6 Å². The van der Waals surface area contributed by atoms with Crippen LogP contribution in [0.15, 0.2) is 66.8 Å². The first kappa shape index (κ1) is 18.8. The number of carbonyl (C=O) groups excluding carboxylic acids is 1. The van der Waals surface area contributed by atoms with Gasteiger partial charge in [-0.05, 0) is 54.6 Å². The molecule has 0 spiro atoms. The molecule has 4 aromatic rings. The van der Waals surface area contributed by atoms with Crippen LogP contribution in [0.4, 0.5) is 17.2 Å². The van der Waals surface area contributed by atoms with Gasteiger partial charge in [-0.3, -0.25) is 9.36 Å². The van der Waals surface area contributed by atoms with Crippen molar-refractivity contribution >= 4 is 34.4 Å². The van der Waals surface area contributed by atoms with Gasteiger partial charge in [0.15, 0.2) is 0 Å². The van der Waals surface area contributed by atoms with Gasteiger partial charge in [0.25, 0.3) is 0 Å². The van der Waals surface area contributed by atoms with Crippen molar-refractivity contribution in [1.82, 2.24) is 19.5 Å². The van der Waals surface area contributed by atoms with Crippen LogP contribution in [0.5, 0.6) is 0 Å². The standard InChI is InChI=1S/C21H20N6OS/c1-15-8-11-29-18(15)6-7-21(28)26-17-4-2-16(3-5-17)25-19-12-20(24-13-23-19)27-10-9-22-14-27/h2-5,8-14H,6-7H2,1H3,(H,26,28)(H,23,24,25). The average molecular weight is 404 g/mol. The van der Waals surface area contributed by atoms with Gasteiger partial charge in [0.05, 0.1) is 0 Å².